The highest BCUT2D eigenvalue weighted by Gasteiger charge is 2.22. The smallest absolute Gasteiger partial charge is 0.261 e. The third kappa shape index (κ3) is 4.72. The van der Waals surface area contributed by atoms with Gasteiger partial charge in [-0.1, -0.05) is 19.9 Å². The Morgan fingerprint density at radius 1 is 0.920 bits per heavy atom. The number of anilines is 1. The van der Waals surface area contributed by atoms with Gasteiger partial charge in [0.05, 0.1) is 9.79 Å². The second-order valence-corrected chi connectivity index (χ2v) is 10.0. The minimum atomic E-state index is -3.79. The lowest BCUT2D eigenvalue weighted by atomic mass is 10.3. The summed E-state index contributed by atoms with van der Waals surface area (Å²) < 4.78 is 54.5. The van der Waals surface area contributed by atoms with Crippen molar-refractivity contribution in [1.29, 1.82) is 0 Å². The van der Waals surface area contributed by atoms with Crippen LogP contribution >= 0.6 is 22.6 Å². The van der Waals surface area contributed by atoms with Gasteiger partial charge < -0.3 is 0 Å². The van der Waals surface area contributed by atoms with Crippen molar-refractivity contribution in [3.05, 3.63) is 52.1 Å². The molecule has 0 radical (unpaired) electrons. The molecular formula is C16H19IN2O4S2. The Balaban J connectivity index is 2.30. The van der Waals surface area contributed by atoms with Crippen LogP contribution in [0.4, 0.5) is 5.69 Å². The van der Waals surface area contributed by atoms with Crippen molar-refractivity contribution in [2.24, 2.45) is 0 Å². The standard InChI is InChI=1S/C16H19IN2O4S2/c1-3-19(4-2)25(22,23)16-10-8-15(9-11-16)24(20,21)18-14-7-5-6-13(17)12-14/h5-12,18H,3-4H2,1-2H3. The van der Waals surface area contributed by atoms with Gasteiger partial charge in [0.1, 0.15) is 0 Å². The number of rotatable bonds is 7. The van der Waals surface area contributed by atoms with Gasteiger partial charge in [-0.25, -0.2) is 16.8 Å². The van der Waals surface area contributed by atoms with E-state index in [0.29, 0.717) is 18.8 Å². The molecule has 136 valence electrons. The summed E-state index contributed by atoms with van der Waals surface area (Å²) in [4.78, 5) is 0.0780. The van der Waals surface area contributed by atoms with Crippen molar-refractivity contribution >= 4 is 48.3 Å². The molecule has 0 fully saturated rings. The average Bonchev–Trinajstić information content (AvgIpc) is 2.55. The second-order valence-electron chi connectivity index (χ2n) is 5.18. The van der Waals surface area contributed by atoms with Crippen LogP contribution < -0.4 is 4.72 Å². The Bertz CT molecular complexity index is 938. The predicted octanol–water partition coefficient (Wildman–Crippen LogP) is 3.12. The molecule has 9 heteroatoms. The highest BCUT2D eigenvalue weighted by Crippen LogP contribution is 2.21. The predicted molar refractivity (Wildman–Crippen MR) is 107 cm³/mol. The molecule has 0 heterocycles. The third-order valence-corrected chi connectivity index (χ3v) is 7.69. The van der Waals surface area contributed by atoms with E-state index in [9.17, 15) is 16.8 Å². The molecule has 0 aliphatic rings. The van der Waals surface area contributed by atoms with E-state index in [1.54, 1.807) is 32.0 Å². The van der Waals surface area contributed by atoms with E-state index in [-0.39, 0.29) is 9.79 Å². The lowest BCUT2D eigenvalue weighted by Gasteiger charge is -2.18. The maximum atomic E-state index is 12.4. The maximum absolute atomic E-state index is 12.4. The molecule has 1 N–H and O–H groups in total. The number of halogens is 1. The van der Waals surface area contributed by atoms with Crippen molar-refractivity contribution in [3.63, 3.8) is 0 Å². The molecule has 0 amide bonds. The van der Waals surface area contributed by atoms with Crippen molar-refractivity contribution in [1.82, 2.24) is 4.31 Å². The van der Waals surface area contributed by atoms with Crippen LogP contribution in [-0.4, -0.2) is 34.2 Å². The fourth-order valence-corrected chi connectivity index (χ4v) is 5.32. The topological polar surface area (TPSA) is 83.6 Å². The van der Waals surface area contributed by atoms with E-state index in [2.05, 4.69) is 27.3 Å². The van der Waals surface area contributed by atoms with E-state index < -0.39 is 20.0 Å². The average molecular weight is 494 g/mol. The molecule has 0 atom stereocenters. The summed E-state index contributed by atoms with van der Waals surface area (Å²) in [5.74, 6) is 0. The number of nitrogens with one attached hydrogen (secondary N) is 1. The highest BCUT2D eigenvalue weighted by atomic mass is 127. The van der Waals surface area contributed by atoms with Crippen molar-refractivity contribution < 1.29 is 16.8 Å². The molecule has 0 aromatic heterocycles. The maximum Gasteiger partial charge on any atom is 0.261 e. The number of hydrogen-bond acceptors (Lipinski definition) is 4. The monoisotopic (exact) mass is 494 g/mol. The molecule has 0 saturated heterocycles. The van der Waals surface area contributed by atoms with Gasteiger partial charge in [-0.05, 0) is 65.1 Å². The van der Waals surface area contributed by atoms with Crippen LogP contribution in [0.15, 0.2) is 58.3 Å². The van der Waals surface area contributed by atoms with Gasteiger partial charge in [-0.15, -0.1) is 0 Å². The lowest BCUT2D eigenvalue weighted by Crippen LogP contribution is -2.30. The molecule has 0 unspecified atom stereocenters. The summed E-state index contributed by atoms with van der Waals surface area (Å²) in [7, 11) is -7.40. The SMILES string of the molecule is CCN(CC)S(=O)(=O)c1ccc(S(=O)(=O)Nc2cccc(I)c2)cc1. The van der Waals surface area contributed by atoms with Crippen LogP contribution in [0, 0.1) is 3.57 Å². The van der Waals surface area contributed by atoms with Crippen LogP contribution in [0.25, 0.3) is 0 Å². The van der Waals surface area contributed by atoms with E-state index in [4.69, 9.17) is 0 Å². The Labute approximate surface area is 162 Å². The summed E-state index contributed by atoms with van der Waals surface area (Å²) in [6.07, 6.45) is 0. The summed E-state index contributed by atoms with van der Waals surface area (Å²) in [6, 6.07) is 12.2. The molecule has 0 spiro atoms. The number of benzene rings is 2. The van der Waals surface area contributed by atoms with Gasteiger partial charge >= 0.3 is 0 Å². The molecule has 0 bridgehead atoms. The molecule has 0 aliphatic heterocycles. The van der Waals surface area contributed by atoms with Gasteiger partial charge in [-0.3, -0.25) is 4.72 Å². The van der Waals surface area contributed by atoms with Crippen molar-refractivity contribution in [2.75, 3.05) is 17.8 Å². The van der Waals surface area contributed by atoms with Gasteiger partial charge in [0, 0.05) is 22.3 Å². The number of hydrogen-bond donors (Lipinski definition) is 1. The summed E-state index contributed by atoms with van der Waals surface area (Å²) in [5.41, 5.74) is 0.451. The van der Waals surface area contributed by atoms with Gasteiger partial charge in [0.15, 0.2) is 0 Å². The normalized spacial score (nSPS) is 12.3. The Morgan fingerprint density at radius 3 is 2.00 bits per heavy atom. The second kappa shape index (κ2) is 8.02. The zero-order chi connectivity index (χ0) is 18.7. The zero-order valence-corrected chi connectivity index (χ0v) is 17.6. The number of nitrogens with zero attached hydrogens (tertiary/aromatic N) is 1. The van der Waals surface area contributed by atoms with E-state index >= 15 is 0 Å². The van der Waals surface area contributed by atoms with Gasteiger partial charge in [0.25, 0.3) is 10.0 Å². The molecule has 0 saturated carbocycles. The van der Waals surface area contributed by atoms with Crippen molar-refractivity contribution in [2.45, 2.75) is 23.6 Å². The number of sulfonamides is 2. The lowest BCUT2D eigenvalue weighted by molar-refractivity contribution is 0.445. The third-order valence-electron chi connectivity index (χ3n) is 3.55. The Morgan fingerprint density at radius 2 is 1.48 bits per heavy atom. The molecule has 2 rings (SSSR count). The van der Waals surface area contributed by atoms with Crippen LogP contribution in [0.1, 0.15) is 13.8 Å². The quantitative estimate of drug-likeness (QED) is 0.600. The summed E-state index contributed by atoms with van der Waals surface area (Å²) in [5, 5.41) is 0. The summed E-state index contributed by atoms with van der Waals surface area (Å²) >= 11 is 2.09. The first-order chi connectivity index (χ1) is 11.7. The first-order valence-corrected chi connectivity index (χ1v) is 11.6. The minimum Gasteiger partial charge on any atom is -0.280 e. The van der Waals surface area contributed by atoms with Crippen LogP contribution in [0.5, 0.6) is 0 Å². The van der Waals surface area contributed by atoms with Gasteiger partial charge in [-0.2, -0.15) is 4.31 Å². The Kier molecular flexibility index (Phi) is 6.46. The highest BCUT2D eigenvalue weighted by molar-refractivity contribution is 14.1. The summed E-state index contributed by atoms with van der Waals surface area (Å²) in [6.45, 7) is 4.22. The largest absolute Gasteiger partial charge is 0.280 e. The molecular weight excluding hydrogens is 475 g/mol. The zero-order valence-electron chi connectivity index (χ0n) is 13.8. The van der Waals surface area contributed by atoms with Crippen LogP contribution in [0.3, 0.4) is 0 Å². The molecule has 2 aromatic rings. The van der Waals surface area contributed by atoms with E-state index in [1.807, 2.05) is 6.07 Å². The molecule has 2 aromatic carbocycles. The van der Waals surface area contributed by atoms with Gasteiger partial charge in [0.2, 0.25) is 10.0 Å². The van der Waals surface area contributed by atoms with Crippen LogP contribution in [-0.2, 0) is 20.0 Å². The fourth-order valence-electron chi connectivity index (χ4n) is 2.27. The Hall–Kier alpha value is -1.17. The minimum absolute atomic E-state index is 0.00450. The first-order valence-electron chi connectivity index (χ1n) is 7.59. The fraction of sp³-hybridized carbons (Fsp3) is 0.250. The van der Waals surface area contributed by atoms with E-state index in [1.165, 1.54) is 28.6 Å². The van der Waals surface area contributed by atoms with Crippen molar-refractivity contribution in [3.8, 4) is 0 Å². The molecule has 0 aliphatic carbocycles. The molecule has 25 heavy (non-hydrogen) atoms. The first kappa shape index (κ1) is 20.1. The van der Waals surface area contributed by atoms with Crippen LogP contribution in [0.2, 0.25) is 0 Å². The molecule has 6 nitrogen and oxygen atoms in total. The van der Waals surface area contributed by atoms with E-state index in [0.717, 1.165) is 3.57 Å².